The minimum atomic E-state index is -4.49. The van der Waals surface area contributed by atoms with Crippen LogP contribution in [0.2, 0.25) is 15.1 Å². The van der Waals surface area contributed by atoms with E-state index in [1.165, 1.54) is 62.6 Å². The molecule has 0 unspecified atom stereocenters. The van der Waals surface area contributed by atoms with Crippen LogP contribution in [0.1, 0.15) is 32.3 Å². The number of amides is 2. The predicted molar refractivity (Wildman–Crippen MR) is 176 cm³/mol. The average molecular weight is 701 g/mol. The SMILES string of the molecule is CCCNC(=O)[C@H](CC)N(Cc1c(Cl)cccc1Cl)C(=O)CN(c1cc(Cl)ccc1OC)S(=O)(=O)c1ccc(OC)c(OC)c1. The van der Waals surface area contributed by atoms with Crippen LogP contribution < -0.4 is 23.8 Å². The number of nitrogens with one attached hydrogen (secondary N) is 1. The van der Waals surface area contributed by atoms with Crippen molar-refractivity contribution in [3.05, 3.63) is 75.2 Å². The van der Waals surface area contributed by atoms with Crippen LogP contribution in [0.3, 0.4) is 0 Å². The van der Waals surface area contributed by atoms with Gasteiger partial charge in [-0.25, -0.2) is 8.42 Å². The maximum absolute atomic E-state index is 14.4. The number of carbonyl (C=O) groups is 2. The van der Waals surface area contributed by atoms with Crippen molar-refractivity contribution in [2.75, 3.05) is 38.7 Å². The molecule has 45 heavy (non-hydrogen) atoms. The third-order valence-electron chi connectivity index (χ3n) is 6.96. The van der Waals surface area contributed by atoms with Gasteiger partial charge >= 0.3 is 0 Å². The Balaban J connectivity index is 2.20. The number of sulfonamides is 1. The molecule has 0 radical (unpaired) electrons. The summed E-state index contributed by atoms with van der Waals surface area (Å²) in [6, 6.07) is 12.4. The summed E-state index contributed by atoms with van der Waals surface area (Å²) >= 11 is 19.3. The quantitative estimate of drug-likeness (QED) is 0.201. The second-order valence-electron chi connectivity index (χ2n) is 9.78. The van der Waals surface area contributed by atoms with Crippen molar-refractivity contribution in [3.8, 4) is 17.2 Å². The van der Waals surface area contributed by atoms with Gasteiger partial charge in [0.1, 0.15) is 18.3 Å². The predicted octanol–water partition coefficient (Wildman–Crippen LogP) is 6.20. The Bertz CT molecular complexity index is 1600. The summed E-state index contributed by atoms with van der Waals surface area (Å²) in [5, 5.41) is 3.61. The number of nitrogens with zero attached hydrogens (tertiary/aromatic N) is 2. The number of benzene rings is 3. The van der Waals surface area contributed by atoms with Gasteiger partial charge in [0.2, 0.25) is 11.8 Å². The molecule has 0 fully saturated rings. The van der Waals surface area contributed by atoms with Crippen LogP contribution in [0.25, 0.3) is 0 Å². The molecule has 1 atom stereocenters. The zero-order valence-electron chi connectivity index (χ0n) is 25.6. The van der Waals surface area contributed by atoms with Crippen LogP contribution in [0, 0.1) is 0 Å². The van der Waals surface area contributed by atoms with Crippen LogP contribution in [0.4, 0.5) is 5.69 Å². The van der Waals surface area contributed by atoms with E-state index in [0.29, 0.717) is 24.3 Å². The van der Waals surface area contributed by atoms with Gasteiger partial charge in [-0.05, 0) is 55.3 Å². The van der Waals surface area contributed by atoms with E-state index in [4.69, 9.17) is 49.0 Å². The van der Waals surface area contributed by atoms with Gasteiger partial charge in [-0.15, -0.1) is 0 Å². The molecule has 244 valence electrons. The lowest BCUT2D eigenvalue weighted by Crippen LogP contribution is -2.52. The minimum Gasteiger partial charge on any atom is -0.495 e. The first-order chi connectivity index (χ1) is 21.4. The van der Waals surface area contributed by atoms with Crippen LogP contribution in [0.5, 0.6) is 17.2 Å². The Morgan fingerprint density at radius 1 is 0.867 bits per heavy atom. The van der Waals surface area contributed by atoms with Crippen molar-refractivity contribution in [1.82, 2.24) is 10.2 Å². The number of hydrogen-bond acceptors (Lipinski definition) is 7. The summed E-state index contributed by atoms with van der Waals surface area (Å²) in [6.07, 6.45) is 0.907. The highest BCUT2D eigenvalue weighted by atomic mass is 35.5. The van der Waals surface area contributed by atoms with Crippen molar-refractivity contribution in [3.63, 3.8) is 0 Å². The third-order valence-corrected chi connectivity index (χ3v) is 9.66. The van der Waals surface area contributed by atoms with Gasteiger partial charge in [0, 0.05) is 39.8 Å². The highest BCUT2D eigenvalue weighted by molar-refractivity contribution is 7.92. The number of rotatable bonds is 15. The Kier molecular flexibility index (Phi) is 13.0. The van der Waals surface area contributed by atoms with Crippen molar-refractivity contribution in [2.24, 2.45) is 0 Å². The zero-order chi connectivity index (χ0) is 33.3. The van der Waals surface area contributed by atoms with E-state index >= 15 is 0 Å². The van der Waals surface area contributed by atoms with Gasteiger partial charge in [0.05, 0.1) is 31.9 Å². The van der Waals surface area contributed by atoms with E-state index in [-0.39, 0.29) is 50.1 Å². The summed E-state index contributed by atoms with van der Waals surface area (Å²) in [6.45, 7) is 3.16. The van der Waals surface area contributed by atoms with Gasteiger partial charge in [-0.3, -0.25) is 13.9 Å². The second-order valence-corrected chi connectivity index (χ2v) is 12.9. The molecule has 3 aromatic carbocycles. The monoisotopic (exact) mass is 699 g/mol. The molecule has 14 heteroatoms. The van der Waals surface area contributed by atoms with E-state index in [0.717, 1.165) is 4.31 Å². The van der Waals surface area contributed by atoms with Gasteiger partial charge < -0.3 is 24.4 Å². The standard InChI is InChI=1S/C31H36Cl3N3O7S/c1-6-15-35-31(39)25(7-2)36(18-22-23(33)9-8-10-24(22)34)30(38)19-37(26-16-20(32)11-13-27(26)42-3)45(40,41)21-12-14-28(43-4)29(17-21)44-5/h8-14,16-17,25H,6-7,15,18-19H2,1-5H3,(H,35,39)/t25-/m0/s1. The van der Waals surface area contributed by atoms with Crippen LogP contribution in [0.15, 0.2) is 59.5 Å². The Labute approximate surface area is 279 Å². The summed E-state index contributed by atoms with van der Waals surface area (Å²) < 4.78 is 45.7. The van der Waals surface area contributed by atoms with E-state index in [1.807, 2.05) is 6.92 Å². The molecule has 0 aliphatic heterocycles. The summed E-state index contributed by atoms with van der Waals surface area (Å²) in [5.74, 6) is -0.478. The minimum absolute atomic E-state index is 0.00680. The fraction of sp³-hybridized carbons (Fsp3) is 0.355. The number of carbonyl (C=O) groups excluding carboxylic acids is 2. The molecule has 0 saturated heterocycles. The van der Waals surface area contributed by atoms with Gasteiger partial charge in [-0.1, -0.05) is 54.7 Å². The lowest BCUT2D eigenvalue weighted by molar-refractivity contribution is -0.140. The molecule has 0 aliphatic rings. The molecule has 0 aliphatic carbocycles. The second kappa shape index (κ2) is 16.3. The first-order valence-corrected chi connectivity index (χ1v) is 16.6. The summed E-state index contributed by atoms with van der Waals surface area (Å²) in [7, 11) is -0.317. The molecule has 0 spiro atoms. The van der Waals surface area contributed by atoms with Crippen molar-refractivity contribution in [1.29, 1.82) is 0 Å². The van der Waals surface area contributed by atoms with E-state index in [9.17, 15) is 18.0 Å². The van der Waals surface area contributed by atoms with Crippen LogP contribution >= 0.6 is 34.8 Å². The molecule has 1 N–H and O–H groups in total. The maximum atomic E-state index is 14.4. The third kappa shape index (κ3) is 8.46. The zero-order valence-corrected chi connectivity index (χ0v) is 28.7. The number of anilines is 1. The van der Waals surface area contributed by atoms with Crippen molar-refractivity contribution in [2.45, 2.75) is 44.2 Å². The van der Waals surface area contributed by atoms with Crippen molar-refractivity contribution < 1.29 is 32.2 Å². The van der Waals surface area contributed by atoms with Gasteiger partial charge in [-0.2, -0.15) is 0 Å². The summed E-state index contributed by atoms with van der Waals surface area (Å²) in [5.41, 5.74) is 0.415. The molecule has 0 bridgehead atoms. The highest BCUT2D eigenvalue weighted by Crippen LogP contribution is 2.37. The number of hydrogen-bond donors (Lipinski definition) is 1. The Morgan fingerprint density at radius 2 is 1.49 bits per heavy atom. The lowest BCUT2D eigenvalue weighted by atomic mass is 10.1. The molecular weight excluding hydrogens is 665 g/mol. The fourth-order valence-corrected chi connectivity index (χ4v) is 6.73. The molecular formula is C31H36Cl3N3O7S. The Morgan fingerprint density at radius 3 is 2.07 bits per heavy atom. The van der Waals surface area contributed by atoms with Gasteiger partial charge in [0.25, 0.3) is 10.0 Å². The number of ether oxygens (including phenoxy) is 3. The summed E-state index contributed by atoms with van der Waals surface area (Å²) in [4.78, 5) is 28.8. The molecule has 0 aromatic heterocycles. The van der Waals surface area contributed by atoms with E-state index < -0.39 is 34.4 Å². The van der Waals surface area contributed by atoms with E-state index in [2.05, 4.69) is 5.32 Å². The first kappa shape index (κ1) is 36.1. The molecule has 2 amide bonds. The molecule has 3 aromatic rings. The van der Waals surface area contributed by atoms with Crippen LogP contribution in [-0.4, -0.2) is 65.6 Å². The molecule has 10 nitrogen and oxygen atoms in total. The number of halogens is 3. The average Bonchev–Trinajstić information content (AvgIpc) is 3.03. The number of methoxy groups -OCH3 is 3. The van der Waals surface area contributed by atoms with Crippen LogP contribution in [-0.2, 0) is 26.2 Å². The fourth-order valence-electron chi connectivity index (χ4n) is 4.61. The molecule has 0 heterocycles. The normalized spacial score (nSPS) is 11.8. The Hall–Kier alpha value is -3.38. The maximum Gasteiger partial charge on any atom is 0.265 e. The van der Waals surface area contributed by atoms with Crippen molar-refractivity contribution >= 4 is 62.3 Å². The molecule has 3 rings (SSSR count). The molecule has 0 saturated carbocycles. The van der Waals surface area contributed by atoms with E-state index in [1.54, 1.807) is 25.1 Å². The largest absolute Gasteiger partial charge is 0.495 e. The highest BCUT2D eigenvalue weighted by Gasteiger charge is 2.35. The smallest absolute Gasteiger partial charge is 0.265 e. The lowest BCUT2D eigenvalue weighted by Gasteiger charge is -2.34. The van der Waals surface area contributed by atoms with Gasteiger partial charge in [0.15, 0.2) is 11.5 Å². The topological polar surface area (TPSA) is 114 Å². The first-order valence-electron chi connectivity index (χ1n) is 14.0.